The number of nitrogen functional groups attached to an aromatic ring is 1. The molecule has 0 spiro atoms. The van der Waals surface area contributed by atoms with Crippen molar-refractivity contribution in [2.75, 3.05) is 5.73 Å². The standard InChI is InChI=1S/C15H10BrClN4/c1-8-5-10(16)13(6-11(8)17)21-12-4-2-3-9(7-18)14(12)20-15(21)19/h2-6H,1H3,(H2,19,20). The number of nitriles is 1. The lowest BCUT2D eigenvalue weighted by Crippen LogP contribution is -2.02. The van der Waals surface area contributed by atoms with E-state index in [1.807, 2.05) is 31.2 Å². The molecular weight excluding hydrogens is 352 g/mol. The molecule has 6 heteroatoms. The summed E-state index contributed by atoms with van der Waals surface area (Å²) < 4.78 is 2.64. The number of hydrogen-bond acceptors (Lipinski definition) is 3. The van der Waals surface area contributed by atoms with Crippen molar-refractivity contribution in [3.8, 4) is 11.8 Å². The molecule has 3 aromatic rings. The molecule has 0 radical (unpaired) electrons. The maximum Gasteiger partial charge on any atom is 0.206 e. The largest absolute Gasteiger partial charge is 0.369 e. The highest BCUT2D eigenvalue weighted by Gasteiger charge is 2.15. The van der Waals surface area contributed by atoms with Crippen LogP contribution in [0.5, 0.6) is 0 Å². The minimum absolute atomic E-state index is 0.313. The van der Waals surface area contributed by atoms with Crippen LogP contribution in [0.25, 0.3) is 16.7 Å². The number of aromatic nitrogens is 2. The van der Waals surface area contributed by atoms with Crippen LogP contribution in [0.4, 0.5) is 5.95 Å². The zero-order chi connectivity index (χ0) is 15.1. The zero-order valence-corrected chi connectivity index (χ0v) is 13.4. The Labute approximate surface area is 134 Å². The van der Waals surface area contributed by atoms with Gasteiger partial charge in [-0.3, -0.25) is 4.57 Å². The van der Waals surface area contributed by atoms with Gasteiger partial charge in [-0.2, -0.15) is 5.26 Å². The minimum Gasteiger partial charge on any atom is -0.369 e. The van der Waals surface area contributed by atoms with Crippen LogP contribution in [-0.2, 0) is 0 Å². The first-order chi connectivity index (χ1) is 10.0. The Kier molecular flexibility index (Phi) is 3.36. The zero-order valence-electron chi connectivity index (χ0n) is 11.1. The van der Waals surface area contributed by atoms with E-state index in [2.05, 4.69) is 27.0 Å². The number of benzene rings is 2. The molecule has 0 unspecified atom stereocenters. The molecule has 0 aliphatic rings. The maximum atomic E-state index is 9.17. The van der Waals surface area contributed by atoms with Crippen LogP contribution >= 0.6 is 27.5 Å². The lowest BCUT2D eigenvalue weighted by molar-refractivity contribution is 1.10. The van der Waals surface area contributed by atoms with E-state index in [0.717, 1.165) is 21.2 Å². The third kappa shape index (κ3) is 2.17. The smallest absolute Gasteiger partial charge is 0.206 e. The van der Waals surface area contributed by atoms with Gasteiger partial charge in [-0.1, -0.05) is 17.7 Å². The number of rotatable bonds is 1. The van der Waals surface area contributed by atoms with E-state index in [0.29, 0.717) is 22.1 Å². The summed E-state index contributed by atoms with van der Waals surface area (Å²) in [5.41, 5.74) is 9.65. The molecule has 0 amide bonds. The monoisotopic (exact) mass is 360 g/mol. The van der Waals surface area contributed by atoms with Crippen molar-refractivity contribution in [3.05, 3.63) is 51.0 Å². The van der Waals surface area contributed by atoms with E-state index in [-0.39, 0.29) is 0 Å². The van der Waals surface area contributed by atoms with Gasteiger partial charge in [0.25, 0.3) is 0 Å². The molecule has 0 aliphatic carbocycles. The van der Waals surface area contributed by atoms with Crippen LogP contribution in [0.15, 0.2) is 34.8 Å². The minimum atomic E-state index is 0.313. The summed E-state index contributed by atoms with van der Waals surface area (Å²) in [5.74, 6) is 0.313. The second-order valence-electron chi connectivity index (χ2n) is 4.64. The molecule has 1 aromatic heterocycles. The number of aryl methyl sites for hydroxylation is 1. The van der Waals surface area contributed by atoms with E-state index < -0.39 is 0 Å². The van der Waals surface area contributed by atoms with Gasteiger partial charge >= 0.3 is 0 Å². The van der Waals surface area contributed by atoms with Crippen LogP contribution in [-0.4, -0.2) is 9.55 Å². The molecular formula is C15H10BrClN4. The molecule has 21 heavy (non-hydrogen) atoms. The summed E-state index contributed by atoms with van der Waals surface area (Å²) in [6, 6.07) is 11.3. The van der Waals surface area contributed by atoms with Gasteiger partial charge in [-0.05, 0) is 52.7 Å². The summed E-state index contributed by atoms with van der Waals surface area (Å²) >= 11 is 9.75. The summed E-state index contributed by atoms with van der Waals surface area (Å²) in [6.07, 6.45) is 0. The quantitative estimate of drug-likeness (QED) is 0.706. The summed E-state index contributed by atoms with van der Waals surface area (Å²) in [7, 11) is 0. The van der Waals surface area contributed by atoms with E-state index >= 15 is 0 Å². The summed E-state index contributed by atoms with van der Waals surface area (Å²) in [5, 5.41) is 9.82. The van der Waals surface area contributed by atoms with Gasteiger partial charge in [-0.25, -0.2) is 4.98 Å². The van der Waals surface area contributed by atoms with Crippen LogP contribution in [0.2, 0.25) is 5.02 Å². The number of para-hydroxylation sites is 1. The number of nitrogens with zero attached hydrogens (tertiary/aromatic N) is 3. The highest BCUT2D eigenvalue weighted by molar-refractivity contribution is 9.10. The summed E-state index contributed by atoms with van der Waals surface area (Å²) in [6.45, 7) is 1.93. The van der Waals surface area contributed by atoms with Crippen molar-refractivity contribution in [2.45, 2.75) is 6.92 Å². The predicted molar refractivity (Wildman–Crippen MR) is 87.6 cm³/mol. The van der Waals surface area contributed by atoms with Gasteiger partial charge < -0.3 is 5.73 Å². The second-order valence-corrected chi connectivity index (χ2v) is 5.90. The van der Waals surface area contributed by atoms with Crippen LogP contribution < -0.4 is 5.73 Å². The number of nitrogens with two attached hydrogens (primary N) is 1. The Hall–Kier alpha value is -2.03. The van der Waals surface area contributed by atoms with Crippen molar-refractivity contribution in [2.24, 2.45) is 0 Å². The lowest BCUT2D eigenvalue weighted by Gasteiger charge is -2.11. The van der Waals surface area contributed by atoms with E-state index in [4.69, 9.17) is 17.3 Å². The maximum absolute atomic E-state index is 9.17. The van der Waals surface area contributed by atoms with Crippen molar-refractivity contribution < 1.29 is 0 Å². The lowest BCUT2D eigenvalue weighted by atomic mass is 10.2. The fraction of sp³-hybridized carbons (Fsp3) is 0.0667. The Morgan fingerprint density at radius 1 is 1.38 bits per heavy atom. The molecule has 1 heterocycles. The molecule has 0 saturated carbocycles. The van der Waals surface area contributed by atoms with Gasteiger partial charge in [0.05, 0.1) is 16.8 Å². The van der Waals surface area contributed by atoms with Crippen molar-refractivity contribution in [3.63, 3.8) is 0 Å². The molecule has 0 bridgehead atoms. The molecule has 4 nitrogen and oxygen atoms in total. The first-order valence-corrected chi connectivity index (χ1v) is 7.33. The number of imidazole rings is 1. The van der Waals surface area contributed by atoms with E-state index in [9.17, 15) is 5.26 Å². The predicted octanol–water partition coefficient (Wildman–Crippen LogP) is 4.20. The van der Waals surface area contributed by atoms with Crippen molar-refractivity contribution in [1.29, 1.82) is 5.26 Å². The number of halogens is 2. The average molecular weight is 362 g/mol. The van der Waals surface area contributed by atoms with Gasteiger partial charge in [-0.15, -0.1) is 0 Å². The average Bonchev–Trinajstić information content (AvgIpc) is 2.79. The van der Waals surface area contributed by atoms with Gasteiger partial charge in [0.1, 0.15) is 11.6 Å². The molecule has 104 valence electrons. The Bertz CT molecular complexity index is 908. The van der Waals surface area contributed by atoms with Crippen LogP contribution in [0.3, 0.4) is 0 Å². The topological polar surface area (TPSA) is 67.6 Å². The normalized spacial score (nSPS) is 10.8. The molecule has 0 saturated heterocycles. The fourth-order valence-corrected chi connectivity index (χ4v) is 3.06. The molecule has 3 rings (SSSR count). The first kappa shape index (κ1) is 13.9. The van der Waals surface area contributed by atoms with Gasteiger partial charge in [0, 0.05) is 9.50 Å². The third-order valence-electron chi connectivity index (χ3n) is 3.30. The molecule has 0 aliphatic heterocycles. The summed E-state index contributed by atoms with van der Waals surface area (Å²) in [4.78, 5) is 4.31. The number of anilines is 1. The highest BCUT2D eigenvalue weighted by atomic mass is 79.9. The molecule has 2 aromatic carbocycles. The first-order valence-electron chi connectivity index (χ1n) is 6.16. The van der Waals surface area contributed by atoms with Crippen molar-refractivity contribution >= 4 is 44.5 Å². The third-order valence-corrected chi connectivity index (χ3v) is 4.34. The highest BCUT2D eigenvalue weighted by Crippen LogP contribution is 2.33. The molecule has 0 atom stereocenters. The Morgan fingerprint density at radius 2 is 2.14 bits per heavy atom. The van der Waals surface area contributed by atoms with Crippen LogP contribution in [0, 0.1) is 18.3 Å². The van der Waals surface area contributed by atoms with E-state index in [1.54, 1.807) is 10.6 Å². The molecule has 2 N–H and O–H groups in total. The fourth-order valence-electron chi connectivity index (χ4n) is 2.27. The van der Waals surface area contributed by atoms with Crippen molar-refractivity contribution in [1.82, 2.24) is 9.55 Å². The van der Waals surface area contributed by atoms with Gasteiger partial charge in [0.2, 0.25) is 5.95 Å². The second kappa shape index (κ2) is 5.06. The van der Waals surface area contributed by atoms with Gasteiger partial charge in [0.15, 0.2) is 0 Å². The Balaban J connectivity index is 2.39. The number of fused-ring (bicyclic) bond motifs is 1. The number of hydrogen-bond donors (Lipinski definition) is 1. The Morgan fingerprint density at radius 3 is 2.86 bits per heavy atom. The van der Waals surface area contributed by atoms with E-state index in [1.165, 1.54) is 0 Å². The SMILES string of the molecule is Cc1cc(Br)c(-n2c(N)nc3c(C#N)cccc32)cc1Cl. The molecule has 0 fully saturated rings. The van der Waals surface area contributed by atoms with Crippen LogP contribution in [0.1, 0.15) is 11.1 Å².